The van der Waals surface area contributed by atoms with Gasteiger partial charge in [-0.3, -0.25) is 4.90 Å². The second-order valence-corrected chi connectivity index (χ2v) is 5.25. The monoisotopic (exact) mass is 284 g/mol. The van der Waals surface area contributed by atoms with Gasteiger partial charge in [-0.1, -0.05) is 19.1 Å². The van der Waals surface area contributed by atoms with Crippen molar-refractivity contribution in [2.24, 2.45) is 11.7 Å². The van der Waals surface area contributed by atoms with E-state index in [-0.39, 0.29) is 12.4 Å². The zero-order valence-corrected chi connectivity index (χ0v) is 12.7. The first-order chi connectivity index (χ1) is 8.69. The lowest BCUT2D eigenvalue weighted by molar-refractivity contribution is 0.157. The molecule has 0 saturated carbocycles. The molecule has 19 heavy (non-hydrogen) atoms. The number of nitrogens with two attached hydrogens (primary N) is 1. The molecule has 1 heterocycles. The summed E-state index contributed by atoms with van der Waals surface area (Å²) >= 11 is 0. The molecule has 0 aliphatic carbocycles. The highest BCUT2D eigenvalue weighted by Gasteiger charge is 2.22. The molecule has 2 N–H and O–H groups in total. The second kappa shape index (κ2) is 7.73. The van der Waals surface area contributed by atoms with Crippen molar-refractivity contribution in [3.8, 4) is 5.75 Å². The Hall–Kier alpha value is -0.770. The number of benzene rings is 1. The predicted molar refractivity (Wildman–Crippen MR) is 81.9 cm³/mol. The molecule has 1 aromatic rings. The van der Waals surface area contributed by atoms with E-state index >= 15 is 0 Å². The third-order valence-electron chi connectivity index (χ3n) is 3.67. The number of likely N-dealkylation sites (tertiary alicyclic amines) is 1. The lowest BCUT2D eigenvalue weighted by Gasteiger charge is -2.35. The summed E-state index contributed by atoms with van der Waals surface area (Å²) in [5, 5.41) is 0. The molecule has 1 aromatic carbocycles. The summed E-state index contributed by atoms with van der Waals surface area (Å²) in [7, 11) is 0. The highest BCUT2D eigenvalue weighted by atomic mass is 35.5. The summed E-state index contributed by atoms with van der Waals surface area (Å²) in [6, 6.07) is 8.77. The average Bonchev–Trinajstić information content (AvgIpc) is 2.35. The van der Waals surface area contributed by atoms with E-state index in [2.05, 4.69) is 30.0 Å². The molecule has 1 aliphatic heterocycles. The fourth-order valence-corrected chi connectivity index (χ4v) is 2.55. The van der Waals surface area contributed by atoms with Crippen LogP contribution < -0.4 is 10.5 Å². The number of rotatable bonds is 4. The third-order valence-corrected chi connectivity index (χ3v) is 3.67. The van der Waals surface area contributed by atoms with Gasteiger partial charge < -0.3 is 10.5 Å². The summed E-state index contributed by atoms with van der Waals surface area (Å²) in [4.78, 5) is 2.49. The van der Waals surface area contributed by atoms with Crippen LogP contribution in [-0.4, -0.2) is 30.6 Å². The lowest BCUT2D eigenvalue weighted by Crippen LogP contribution is -2.45. The Labute approximate surface area is 122 Å². The maximum atomic E-state index is 6.05. The van der Waals surface area contributed by atoms with E-state index in [1.54, 1.807) is 0 Å². The van der Waals surface area contributed by atoms with Crippen LogP contribution in [0.25, 0.3) is 0 Å². The topological polar surface area (TPSA) is 38.5 Å². The van der Waals surface area contributed by atoms with Crippen molar-refractivity contribution >= 4 is 12.4 Å². The Morgan fingerprint density at radius 2 is 2.21 bits per heavy atom. The van der Waals surface area contributed by atoms with Gasteiger partial charge in [0.05, 0.1) is 6.61 Å². The Kier molecular flexibility index (Phi) is 6.63. The highest BCUT2D eigenvalue weighted by molar-refractivity contribution is 5.85. The first-order valence-electron chi connectivity index (χ1n) is 6.88. The third kappa shape index (κ3) is 4.68. The largest absolute Gasteiger partial charge is 0.494 e. The van der Waals surface area contributed by atoms with Gasteiger partial charge in [-0.05, 0) is 43.5 Å². The second-order valence-electron chi connectivity index (χ2n) is 5.25. The van der Waals surface area contributed by atoms with Crippen molar-refractivity contribution in [3.63, 3.8) is 0 Å². The predicted octanol–water partition coefficient (Wildman–Crippen LogP) is 2.68. The molecule has 1 saturated heterocycles. The fourth-order valence-electron chi connectivity index (χ4n) is 2.55. The molecule has 0 amide bonds. The number of piperidine rings is 1. The van der Waals surface area contributed by atoms with Crippen molar-refractivity contribution < 1.29 is 4.74 Å². The normalized spacial score (nSPS) is 23.7. The number of hydrogen-bond donors (Lipinski definition) is 1. The number of nitrogens with zero attached hydrogens (tertiary/aromatic N) is 1. The lowest BCUT2D eigenvalue weighted by atomic mass is 9.94. The molecule has 1 fully saturated rings. The molecule has 1 aliphatic rings. The SMILES string of the molecule is CCOc1cccc(CN2CCC(N)C(C)C2)c1.Cl. The van der Waals surface area contributed by atoms with Crippen LogP contribution in [0.2, 0.25) is 0 Å². The van der Waals surface area contributed by atoms with E-state index in [1.807, 2.05) is 13.0 Å². The summed E-state index contributed by atoms with van der Waals surface area (Å²) in [6.45, 7) is 8.18. The van der Waals surface area contributed by atoms with Gasteiger partial charge in [0.1, 0.15) is 5.75 Å². The standard InChI is InChI=1S/C15H24N2O.ClH/c1-3-18-14-6-4-5-13(9-14)11-17-8-7-15(16)12(2)10-17;/h4-6,9,12,15H,3,7-8,10-11,16H2,1-2H3;1H. The van der Waals surface area contributed by atoms with Crippen LogP contribution in [0, 0.1) is 5.92 Å². The average molecular weight is 285 g/mol. The Morgan fingerprint density at radius 3 is 2.89 bits per heavy atom. The first kappa shape index (κ1) is 16.3. The van der Waals surface area contributed by atoms with Gasteiger partial charge in [-0.25, -0.2) is 0 Å². The highest BCUT2D eigenvalue weighted by Crippen LogP contribution is 2.19. The van der Waals surface area contributed by atoms with Crippen LogP contribution in [0.5, 0.6) is 5.75 Å². The molecule has 3 nitrogen and oxygen atoms in total. The van der Waals surface area contributed by atoms with Crippen LogP contribution >= 0.6 is 12.4 Å². The van der Waals surface area contributed by atoms with Gasteiger partial charge in [0.15, 0.2) is 0 Å². The molecule has 2 rings (SSSR count). The van der Waals surface area contributed by atoms with Gasteiger partial charge in [-0.15, -0.1) is 12.4 Å². The molecular weight excluding hydrogens is 260 g/mol. The zero-order chi connectivity index (χ0) is 13.0. The Bertz CT molecular complexity index is 386. The Morgan fingerprint density at radius 1 is 1.42 bits per heavy atom. The van der Waals surface area contributed by atoms with Gasteiger partial charge >= 0.3 is 0 Å². The van der Waals surface area contributed by atoms with Crippen molar-refractivity contribution in [2.75, 3.05) is 19.7 Å². The quantitative estimate of drug-likeness (QED) is 0.924. The maximum Gasteiger partial charge on any atom is 0.119 e. The minimum Gasteiger partial charge on any atom is -0.494 e. The van der Waals surface area contributed by atoms with Crippen LogP contribution in [0.15, 0.2) is 24.3 Å². The van der Waals surface area contributed by atoms with E-state index in [1.165, 1.54) is 5.56 Å². The van der Waals surface area contributed by atoms with E-state index in [0.717, 1.165) is 38.4 Å². The van der Waals surface area contributed by atoms with Crippen molar-refractivity contribution in [3.05, 3.63) is 29.8 Å². The first-order valence-corrected chi connectivity index (χ1v) is 6.88. The zero-order valence-electron chi connectivity index (χ0n) is 11.8. The molecule has 2 atom stereocenters. The molecule has 0 spiro atoms. The number of halogens is 1. The molecular formula is C15H25ClN2O. The van der Waals surface area contributed by atoms with Gasteiger partial charge in [0, 0.05) is 19.1 Å². The molecule has 4 heteroatoms. The molecule has 2 unspecified atom stereocenters. The molecule has 0 aromatic heterocycles. The van der Waals surface area contributed by atoms with Crippen LogP contribution in [0.4, 0.5) is 0 Å². The van der Waals surface area contributed by atoms with Gasteiger partial charge in [-0.2, -0.15) is 0 Å². The smallest absolute Gasteiger partial charge is 0.119 e. The summed E-state index contributed by atoms with van der Waals surface area (Å²) < 4.78 is 5.54. The van der Waals surface area contributed by atoms with Gasteiger partial charge in [0.2, 0.25) is 0 Å². The summed E-state index contributed by atoms with van der Waals surface area (Å²) in [5.41, 5.74) is 7.37. The number of hydrogen-bond acceptors (Lipinski definition) is 3. The minimum atomic E-state index is 0. The fraction of sp³-hybridized carbons (Fsp3) is 0.600. The maximum absolute atomic E-state index is 6.05. The van der Waals surface area contributed by atoms with Crippen molar-refractivity contribution in [1.82, 2.24) is 4.90 Å². The Balaban J connectivity index is 0.00000180. The van der Waals surface area contributed by atoms with Crippen molar-refractivity contribution in [1.29, 1.82) is 0 Å². The molecule has 108 valence electrons. The van der Waals surface area contributed by atoms with Crippen LogP contribution in [0.1, 0.15) is 25.8 Å². The van der Waals surface area contributed by atoms with Crippen LogP contribution in [0.3, 0.4) is 0 Å². The number of ether oxygens (including phenoxy) is 1. The summed E-state index contributed by atoms with van der Waals surface area (Å²) in [6.07, 6.45) is 1.10. The molecule has 0 radical (unpaired) electrons. The van der Waals surface area contributed by atoms with E-state index < -0.39 is 0 Å². The van der Waals surface area contributed by atoms with Gasteiger partial charge in [0.25, 0.3) is 0 Å². The summed E-state index contributed by atoms with van der Waals surface area (Å²) in [5.74, 6) is 1.56. The minimum absolute atomic E-state index is 0. The van der Waals surface area contributed by atoms with Crippen molar-refractivity contribution in [2.45, 2.75) is 32.9 Å². The molecule has 0 bridgehead atoms. The van der Waals surface area contributed by atoms with Crippen LogP contribution in [-0.2, 0) is 6.54 Å². The van der Waals surface area contributed by atoms with E-state index in [4.69, 9.17) is 10.5 Å². The van der Waals surface area contributed by atoms with E-state index in [9.17, 15) is 0 Å². The van der Waals surface area contributed by atoms with E-state index in [0.29, 0.717) is 12.0 Å².